The van der Waals surface area contributed by atoms with Gasteiger partial charge in [-0.2, -0.15) is 0 Å². The van der Waals surface area contributed by atoms with E-state index in [0.29, 0.717) is 0 Å². The van der Waals surface area contributed by atoms with Crippen molar-refractivity contribution in [2.24, 2.45) is 0 Å². The van der Waals surface area contributed by atoms with E-state index in [2.05, 4.69) is 72.3 Å². The first kappa shape index (κ1) is 16.1. The van der Waals surface area contributed by atoms with E-state index < -0.39 is 0 Å². The summed E-state index contributed by atoms with van der Waals surface area (Å²) in [5.41, 5.74) is 6.12. The van der Waals surface area contributed by atoms with Gasteiger partial charge in [0, 0.05) is 10.0 Å². The van der Waals surface area contributed by atoms with Crippen LogP contribution >= 0.6 is 15.9 Å². The van der Waals surface area contributed by atoms with Crippen LogP contribution in [-0.2, 0) is 0 Å². The highest BCUT2D eigenvalue weighted by atomic mass is 79.9. The molecular formula is C18H22BrNO. The van der Waals surface area contributed by atoms with Crippen molar-refractivity contribution in [2.75, 3.05) is 14.2 Å². The molecule has 1 atom stereocenters. The van der Waals surface area contributed by atoms with Gasteiger partial charge in [0.25, 0.3) is 0 Å². The fraction of sp³-hybridized carbons (Fsp3) is 0.333. The molecule has 3 heteroatoms. The maximum Gasteiger partial charge on any atom is 0.124 e. The molecule has 0 aliphatic rings. The summed E-state index contributed by atoms with van der Waals surface area (Å²) in [6.45, 7) is 6.34. The van der Waals surface area contributed by atoms with Crippen molar-refractivity contribution < 1.29 is 4.74 Å². The lowest BCUT2D eigenvalue weighted by molar-refractivity contribution is 0.404. The molecule has 0 spiro atoms. The summed E-state index contributed by atoms with van der Waals surface area (Å²) in [7, 11) is 3.72. The Morgan fingerprint density at radius 1 is 1.00 bits per heavy atom. The second-order valence-corrected chi connectivity index (χ2v) is 6.40. The number of ether oxygens (including phenoxy) is 1. The molecule has 0 fully saturated rings. The fourth-order valence-electron chi connectivity index (χ4n) is 2.89. The molecule has 0 amide bonds. The van der Waals surface area contributed by atoms with Gasteiger partial charge in [0.05, 0.1) is 13.2 Å². The van der Waals surface area contributed by atoms with Crippen LogP contribution in [-0.4, -0.2) is 14.2 Å². The fourth-order valence-corrected chi connectivity index (χ4v) is 3.51. The third-order valence-corrected chi connectivity index (χ3v) is 4.15. The standard InChI is InChI=1S/C18H22BrNO/c1-11-6-13(3)17(16(9-11)21-5)18(20-4)14-7-12(2)8-15(19)10-14/h6-10,18,20H,1-5H3. The van der Waals surface area contributed by atoms with E-state index >= 15 is 0 Å². The van der Waals surface area contributed by atoms with E-state index in [0.717, 1.165) is 10.2 Å². The lowest BCUT2D eigenvalue weighted by atomic mass is 9.92. The Morgan fingerprint density at radius 3 is 2.24 bits per heavy atom. The van der Waals surface area contributed by atoms with E-state index in [-0.39, 0.29) is 6.04 Å². The molecule has 0 saturated carbocycles. The van der Waals surface area contributed by atoms with E-state index in [1.807, 2.05) is 7.05 Å². The highest BCUT2D eigenvalue weighted by Crippen LogP contribution is 2.35. The van der Waals surface area contributed by atoms with Crippen LogP contribution in [0.4, 0.5) is 0 Å². The molecule has 0 bridgehead atoms. The molecule has 0 heterocycles. The van der Waals surface area contributed by atoms with Gasteiger partial charge in [-0.3, -0.25) is 0 Å². The van der Waals surface area contributed by atoms with Gasteiger partial charge in [-0.25, -0.2) is 0 Å². The number of hydrogen-bond donors (Lipinski definition) is 1. The Hall–Kier alpha value is -1.32. The second-order valence-electron chi connectivity index (χ2n) is 5.48. The van der Waals surface area contributed by atoms with Crippen LogP contribution in [0.2, 0.25) is 0 Å². The zero-order valence-corrected chi connectivity index (χ0v) is 14.8. The first-order valence-electron chi connectivity index (χ1n) is 7.05. The third kappa shape index (κ3) is 3.47. The van der Waals surface area contributed by atoms with Crippen molar-refractivity contribution in [3.63, 3.8) is 0 Å². The van der Waals surface area contributed by atoms with Crippen molar-refractivity contribution >= 4 is 15.9 Å². The van der Waals surface area contributed by atoms with E-state index in [4.69, 9.17) is 4.74 Å². The third-order valence-electron chi connectivity index (χ3n) is 3.69. The van der Waals surface area contributed by atoms with Gasteiger partial charge in [0.1, 0.15) is 5.75 Å². The van der Waals surface area contributed by atoms with E-state index in [1.165, 1.54) is 27.8 Å². The lowest BCUT2D eigenvalue weighted by Gasteiger charge is -2.23. The Labute approximate surface area is 135 Å². The van der Waals surface area contributed by atoms with Crippen molar-refractivity contribution in [2.45, 2.75) is 26.8 Å². The average molecular weight is 348 g/mol. The number of hydrogen-bond acceptors (Lipinski definition) is 2. The van der Waals surface area contributed by atoms with Gasteiger partial charge in [-0.1, -0.05) is 28.1 Å². The molecule has 0 aliphatic heterocycles. The average Bonchev–Trinajstić information content (AvgIpc) is 2.40. The highest BCUT2D eigenvalue weighted by Gasteiger charge is 2.20. The molecule has 0 radical (unpaired) electrons. The minimum absolute atomic E-state index is 0.108. The van der Waals surface area contributed by atoms with Crippen molar-refractivity contribution in [3.05, 3.63) is 62.6 Å². The number of rotatable bonds is 4. The van der Waals surface area contributed by atoms with Gasteiger partial charge in [-0.15, -0.1) is 0 Å². The summed E-state index contributed by atoms with van der Waals surface area (Å²) >= 11 is 3.59. The zero-order valence-electron chi connectivity index (χ0n) is 13.3. The summed E-state index contributed by atoms with van der Waals surface area (Å²) in [6, 6.07) is 10.9. The second kappa shape index (κ2) is 6.63. The van der Waals surface area contributed by atoms with Gasteiger partial charge in [-0.05, 0) is 68.3 Å². The van der Waals surface area contributed by atoms with Crippen molar-refractivity contribution in [1.82, 2.24) is 5.32 Å². The molecule has 2 aromatic carbocycles. The minimum Gasteiger partial charge on any atom is -0.496 e. The largest absolute Gasteiger partial charge is 0.496 e. The first-order chi connectivity index (χ1) is 9.96. The van der Waals surface area contributed by atoms with Crippen LogP contribution in [0.5, 0.6) is 5.75 Å². The van der Waals surface area contributed by atoms with E-state index in [1.54, 1.807) is 7.11 Å². The number of halogens is 1. The van der Waals surface area contributed by atoms with Crippen LogP contribution < -0.4 is 10.1 Å². The molecule has 1 N–H and O–H groups in total. The van der Waals surface area contributed by atoms with Crippen LogP contribution in [0, 0.1) is 20.8 Å². The van der Waals surface area contributed by atoms with Gasteiger partial charge >= 0.3 is 0 Å². The van der Waals surface area contributed by atoms with E-state index in [9.17, 15) is 0 Å². The molecule has 21 heavy (non-hydrogen) atoms. The Bertz CT molecular complexity index is 632. The van der Waals surface area contributed by atoms with Crippen LogP contribution in [0.1, 0.15) is 33.9 Å². The number of benzene rings is 2. The SMILES string of the molecule is CNC(c1cc(C)cc(Br)c1)c1c(C)cc(C)cc1OC. The monoisotopic (exact) mass is 347 g/mol. The molecule has 2 nitrogen and oxygen atoms in total. The maximum atomic E-state index is 5.62. The predicted octanol–water partition coefficient (Wildman–Crippen LogP) is 4.69. The number of nitrogens with one attached hydrogen (secondary N) is 1. The quantitative estimate of drug-likeness (QED) is 0.865. The van der Waals surface area contributed by atoms with Gasteiger partial charge < -0.3 is 10.1 Å². The predicted molar refractivity (Wildman–Crippen MR) is 92.2 cm³/mol. The summed E-state index contributed by atoms with van der Waals surface area (Å²) in [4.78, 5) is 0. The van der Waals surface area contributed by atoms with Crippen LogP contribution in [0.25, 0.3) is 0 Å². The number of aryl methyl sites for hydroxylation is 3. The summed E-state index contributed by atoms with van der Waals surface area (Å²) in [5.74, 6) is 0.935. The summed E-state index contributed by atoms with van der Waals surface area (Å²) in [6.07, 6.45) is 0. The van der Waals surface area contributed by atoms with Crippen LogP contribution in [0.15, 0.2) is 34.8 Å². The first-order valence-corrected chi connectivity index (χ1v) is 7.85. The summed E-state index contributed by atoms with van der Waals surface area (Å²) in [5, 5.41) is 3.42. The maximum absolute atomic E-state index is 5.62. The summed E-state index contributed by atoms with van der Waals surface area (Å²) < 4.78 is 6.72. The Morgan fingerprint density at radius 2 is 1.67 bits per heavy atom. The highest BCUT2D eigenvalue weighted by molar-refractivity contribution is 9.10. The van der Waals surface area contributed by atoms with Gasteiger partial charge in [0.2, 0.25) is 0 Å². The minimum atomic E-state index is 0.108. The topological polar surface area (TPSA) is 21.3 Å². The lowest BCUT2D eigenvalue weighted by Crippen LogP contribution is -2.20. The van der Waals surface area contributed by atoms with Crippen LogP contribution in [0.3, 0.4) is 0 Å². The molecule has 0 aromatic heterocycles. The molecule has 0 saturated heterocycles. The smallest absolute Gasteiger partial charge is 0.124 e. The molecular weight excluding hydrogens is 326 g/mol. The molecule has 1 unspecified atom stereocenters. The molecule has 2 aromatic rings. The van der Waals surface area contributed by atoms with Gasteiger partial charge in [0.15, 0.2) is 0 Å². The Kier molecular flexibility index (Phi) is 5.07. The molecule has 0 aliphatic carbocycles. The zero-order chi connectivity index (χ0) is 15.6. The number of methoxy groups -OCH3 is 1. The van der Waals surface area contributed by atoms with Crippen molar-refractivity contribution in [1.29, 1.82) is 0 Å². The molecule has 112 valence electrons. The molecule has 2 rings (SSSR count). The van der Waals surface area contributed by atoms with Crippen molar-refractivity contribution in [3.8, 4) is 5.75 Å². The Balaban J connectivity index is 2.61. The normalized spacial score (nSPS) is 12.3.